The summed E-state index contributed by atoms with van der Waals surface area (Å²) >= 11 is 1.39. The highest BCUT2D eigenvalue weighted by molar-refractivity contribution is 8.00. The fraction of sp³-hybridized carbons (Fsp3) is 0.105. The van der Waals surface area contributed by atoms with Crippen molar-refractivity contribution in [3.63, 3.8) is 0 Å². The number of carbonyl (C=O) groups is 1. The van der Waals surface area contributed by atoms with Crippen molar-refractivity contribution in [3.8, 4) is 6.07 Å². The molecule has 3 aromatic rings. The van der Waals surface area contributed by atoms with Gasteiger partial charge in [-0.25, -0.2) is 4.98 Å². The maximum Gasteiger partial charge on any atom is 0.237 e. The number of anilines is 1. The molecule has 0 aliphatic carbocycles. The van der Waals surface area contributed by atoms with Crippen molar-refractivity contribution in [1.82, 2.24) is 4.98 Å². The number of aromatic nitrogens is 1. The van der Waals surface area contributed by atoms with E-state index >= 15 is 0 Å². The van der Waals surface area contributed by atoms with Gasteiger partial charge in [0, 0.05) is 5.39 Å². The summed E-state index contributed by atoms with van der Waals surface area (Å²) in [5.41, 5.74) is 1.89. The second-order valence-electron chi connectivity index (χ2n) is 5.25. The molecule has 1 N–H and O–H groups in total. The van der Waals surface area contributed by atoms with Gasteiger partial charge in [-0.05, 0) is 31.2 Å². The van der Waals surface area contributed by atoms with E-state index in [-0.39, 0.29) is 11.2 Å². The molecule has 0 spiro atoms. The van der Waals surface area contributed by atoms with Gasteiger partial charge in [-0.2, -0.15) is 5.26 Å². The molecule has 4 nitrogen and oxygen atoms in total. The van der Waals surface area contributed by atoms with Crippen LogP contribution in [0.3, 0.4) is 0 Å². The van der Waals surface area contributed by atoms with Gasteiger partial charge < -0.3 is 5.32 Å². The Balaban J connectivity index is 1.72. The highest BCUT2D eigenvalue weighted by atomic mass is 32.2. The number of nitrogens with zero attached hydrogens (tertiary/aromatic N) is 2. The maximum atomic E-state index is 12.4. The quantitative estimate of drug-likeness (QED) is 0.726. The number of amides is 1. The molecule has 24 heavy (non-hydrogen) atoms. The third-order valence-corrected chi connectivity index (χ3v) is 4.58. The summed E-state index contributed by atoms with van der Waals surface area (Å²) in [5.74, 6) is -0.155. The van der Waals surface area contributed by atoms with Crippen LogP contribution in [0.4, 0.5) is 5.69 Å². The first-order valence-electron chi connectivity index (χ1n) is 7.50. The van der Waals surface area contributed by atoms with Gasteiger partial charge in [-0.1, -0.05) is 48.2 Å². The van der Waals surface area contributed by atoms with Crippen molar-refractivity contribution < 1.29 is 4.79 Å². The summed E-state index contributed by atoms with van der Waals surface area (Å²) in [5, 5.41) is 13.4. The monoisotopic (exact) mass is 333 g/mol. The van der Waals surface area contributed by atoms with E-state index in [0.717, 1.165) is 15.9 Å². The lowest BCUT2D eigenvalue weighted by molar-refractivity contribution is -0.115. The van der Waals surface area contributed by atoms with Crippen molar-refractivity contribution >= 4 is 34.3 Å². The lowest BCUT2D eigenvalue weighted by Crippen LogP contribution is -2.23. The van der Waals surface area contributed by atoms with Crippen LogP contribution in [0.15, 0.2) is 65.7 Å². The van der Waals surface area contributed by atoms with E-state index in [4.69, 9.17) is 5.26 Å². The molecule has 5 heteroatoms. The number of carbonyl (C=O) groups excluding carboxylic acids is 1. The number of thioether (sulfide) groups is 1. The minimum Gasteiger partial charge on any atom is -0.324 e. The Morgan fingerprint density at radius 3 is 2.71 bits per heavy atom. The first-order valence-corrected chi connectivity index (χ1v) is 8.38. The summed E-state index contributed by atoms with van der Waals surface area (Å²) in [6.45, 7) is 1.83. The Bertz CT molecular complexity index is 933. The molecule has 0 saturated heterocycles. The summed E-state index contributed by atoms with van der Waals surface area (Å²) in [4.78, 5) is 16.9. The lowest BCUT2D eigenvalue weighted by atomic mass is 10.2. The zero-order valence-electron chi connectivity index (χ0n) is 13.1. The number of fused-ring (bicyclic) bond motifs is 1. The molecule has 118 valence electrons. The molecule has 2 aromatic carbocycles. The normalized spacial score (nSPS) is 11.7. The molecule has 3 rings (SSSR count). The fourth-order valence-electron chi connectivity index (χ4n) is 2.27. The molecular weight excluding hydrogens is 318 g/mol. The number of pyridine rings is 1. The molecular formula is C19H15N3OS. The summed E-state index contributed by atoms with van der Waals surface area (Å²) in [6.07, 6.45) is 0. The molecule has 0 bridgehead atoms. The van der Waals surface area contributed by atoms with Crippen molar-refractivity contribution in [2.75, 3.05) is 5.32 Å². The first kappa shape index (κ1) is 16.0. The lowest BCUT2D eigenvalue weighted by Gasteiger charge is -2.12. The molecule has 0 unspecified atom stereocenters. The first-order chi connectivity index (χ1) is 11.7. The van der Waals surface area contributed by atoms with Gasteiger partial charge in [-0.15, -0.1) is 0 Å². The Morgan fingerprint density at radius 2 is 1.88 bits per heavy atom. The van der Waals surface area contributed by atoms with Gasteiger partial charge in [0.05, 0.1) is 27.0 Å². The van der Waals surface area contributed by atoms with Crippen LogP contribution < -0.4 is 5.32 Å². The minimum absolute atomic E-state index is 0.155. The Hall–Kier alpha value is -2.84. The number of hydrogen-bond donors (Lipinski definition) is 1. The third-order valence-electron chi connectivity index (χ3n) is 3.55. The number of benzene rings is 2. The zero-order chi connectivity index (χ0) is 16.9. The third kappa shape index (κ3) is 3.55. The molecule has 0 fully saturated rings. The Kier molecular flexibility index (Phi) is 4.78. The van der Waals surface area contributed by atoms with Crippen LogP contribution in [0.1, 0.15) is 12.5 Å². The SMILES string of the molecule is C[C@H](Sc1ccc2ccccc2n1)C(=O)Nc1ccccc1C#N. The van der Waals surface area contributed by atoms with Gasteiger partial charge in [0.15, 0.2) is 0 Å². The number of nitriles is 1. The van der Waals surface area contributed by atoms with Crippen LogP contribution in [0, 0.1) is 11.3 Å². The Morgan fingerprint density at radius 1 is 1.12 bits per heavy atom. The summed E-state index contributed by atoms with van der Waals surface area (Å²) in [7, 11) is 0. The van der Waals surface area contributed by atoms with E-state index in [2.05, 4.69) is 16.4 Å². The highest BCUT2D eigenvalue weighted by Gasteiger charge is 2.16. The maximum absolute atomic E-state index is 12.4. The van der Waals surface area contributed by atoms with E-state index in [1.54, 1.807) is 24.3 Å². The highest BCUT2D eigenvalue weighted by Crippen LogP contribution is 2.25. The number of rotatable bonds is 4. The van der Waals surface area contributed by atoms with Gasteiger partial charge in [0.25, 0.3) is 0 Å². The summed E-state index contributed by atoms with van der Waals surface area (Å²) in [6, 6.07) is 20.8. The molecule has 1 aromatic heterocycles. The van der Waals surface area contributed by atoms with Gasteiger partial charge >= 0.3 is 0 Å². The standard InChI is InChI=1S/C19H15N3OS/c1-13(19(23)22-17-9-5-3-7-15(17)12-20)24-18-11-10-14-6-2-4-8-16(14)21-18/h2-11,13H,1H3,(H,22,23)/t13-/m0/s1. The second kappa shape index (κ2) is 7.16. The van der Waals surface area contributed by atoms with E-state index in [1.165, 1.54) is 11.8 Å². The molecule has 1 amide bonds. The summed E-state index contributed by atoms with van der Waals surface area (Å²) < 4.78 is 0. The van der Waals surface area contributed by atoms with Gasteiger partial charge in [0.1, 0.15) is 6.07 Å². The van der Waals surface area contributed by atoms with Gasteiger partial charge in [-0.3, -0.25) is 4.79 Å². The van der Waals surface area contributed by atoms with Crippen LogP contribution in [0.25, 0.3) is 10.9 Å². The number of nitrogens with one attached hydrogen (secondary N) is 1. The predicted octanol–water partition coefficient (Wildman–Crippen LogP) is 4.23. The number of hydrogen-bond acceptors (Lipinski definition) is 4. The van der Waals surface area contributed by atoms with Crippen LogP contribution in [-0.4, -0.2) is 16.1 Å². The van der Waals surface area contributed by atoms with Crippen LogP contribution in [-0.2, 0) is 4.79 Å². The molecule has 1 atom stereocenters. The van der Waals surface area contributed by atoms with Crippen molar-refractivity contribution in [1.29, 1.82) is 5.26 Å². The van der Waals surface area contributed by atoms with Crippen molar-refractivity contribution in [3.05, 3.63) is 66.2 Å². The zero-order valence-corrected chi connectivity index (χ0v) is 13.9. The average Bonchev–Trinajstić information content (AvgIpc) is 2.62. The molecule has 0 aliphatic heterocycles. The topological polar surface area (TPSA) is 65.8 Å². The fourth-order valence-corrected chi connectivity index (χ4v) is 3.10. The predicted molar refractivity (Wildman–Crippen MR) is 96.8 cm³/mol. The van der Waals surface area contributed by atoms with E-state index < -0.39 is 0 Å². The molecule has 0 saturated carbocycles. The van der Waals surface area contributed by atoms with E-state index in [9.17, 15) is 4.79 Å². The second-order valence-corrected chi connectivity index (χ2v) is 6.61. The van der Waals surface area contributed by atoms with Crippen LogP contribution in [0.5, 0.6) is 0 Å². The smallest absolute Gasteiger partial charge is 0.237 e. The molecule has 1 heterocycles. The van der Waals surface area contributed by atoms with Gasteiger partial charge in [0.2, 0.25) is 5.91 Å². The van der Waals surface area contributed by atoms with Crippen molar-refractivity contribution in [2.45, 2.75) is 17.2 Å². The largest absolute Gasteiger partial charge is 0.324 e. The van der Waals surface area contributed by atoms with Crippen LogP contribution >= 0.6 is 11.8 Å². The van der Waals surface area contributed by atoms with Crippen molar-refractivity contribution in [2.24, 2.45) is 0 Å². The Labute approximate surface area is 144 Å². The van der Waals surface area contributed by atoms with E-state index in [1.807, 2.05) is 43.3 Å². The van der Waals surface area contributed by atoms with E-state index in [0.29, 0.717) is 11.3 Å². The number of para-hydroxylation sites is 2. The minimum atomic E-state index is -0.328. The average molecular weight is 333 g/mol. The molecule has 0 radical (unpaired) electrons. The molecule has 0 aliphatic rings. The van der Waals surface area contributed by atoms with Crippen LogP contribution in [0.2, 0.25) is 0 Å².